The predicted molar refractivity (Wildman–Crippen MR) is 119 cm³/mol. The summed E-state index contributed by atoms with van der Waals surface area (Å²) in [5.74, 6) is 1.23. The Hall–Kier alpha value is -2.67. The molecular formula is C22H32N6O. The molecule has 156 valence electrons. The van der Waals surface area contributed by atoms with Crippen LogP contribution in [-0.2, 0) is 0 Å². The Kier molecular flexibility index (Phi) is 7.04. The number of nitrogens with one attached hydrogen (secondary N) is 1. The van der Waals surface area contributed by atoms with Crippen LogP contribution in [0.5, 0.6) is 0 Å². The molecule has 3 rings (SSSR count). The van der Waals surface area contributed by atoms with Gasteiger partial charge in [-0.25, -0.2) is 9.97 Å². The van der Waals surface area contributed by atoms with Gasteiger partial charge in [0.25, 0.3) is 5.91 Å². The smallest absolute Gasteiger partial charge is 0.274 e. The minimum absolute atomic E-state index is 0.209. The molecule has 7 heteroatoms. The fourth-order valence-electron chi connectivity index (χ4n) is 3.66. The van der Waals surface area contributed by atoms with E-state index in [0.29, 0.717) is 11.5 Å². The van der Waals surface area contributed by atoms with Crippen molar-refractivity contribution >= 4 is 23.1 Å². The monoisotopic (exact) mass is 396 g/mol. The lowest BCUT2D eigenvalue weighted by Gasteiger charge is -2.34. The Morgan fingerprint density at radius 2 is 1.69 bits per heavy atom. The molecule has 2 heterocycles. The van der Waals surface area contributed by atoms with Crippen LogP contribution in [0.1, 0.15) is 37.1 Å². The van der Waals surface area contributed by atoms with Gasteiger partial charge in [0.05, 0.1) is 0 Å². The Morgan fingerprint density at radius 1 is 1.03 bits per heavy atom. The van der Waals surface area contributed by atoms with Crippen LogP contribution in [0.3, 0.4) is 0 Å². The van der Waals surface area contributed by atoms with Crippen LogP contribution in [0.4, 0.5) is 17.2 Å². The first-order chi connectivity index (χ1) is 14.0. The van der Waals surface area contributed by atoms with Gasteiger partial charge in [0.15, 0.2) is 0 Å². The normalized spacial score (nSPS) is 14.7. The molecule has 29 heavy (non-hydrogen) atoms. The van der Waals surface area contributed by atoms with Gasteiger partial charge in [0.1, 0.15) is 17.3 Å². The average Bonchev–Trinajstić information content (AvgIpc) is 2.75. The van der Waals surface area contributed by atoms with Crippen LogP contribution in [0, 0.1) is 6.92 Å². The Labute approximate surface area is 173 Å². The van der Waals surface area contributed by atoms with Crippen molar-refractivity contribution in [1.29, 1.82) is 0 Å². The zero-order valence-electron chi connectivity index (χ0n) is 18.0. The van der Waals surface area contributed by atoms with E-state index in [1.54, 1.807) is 6.07 Å². The Balaban J connectivity index is 1.70. The number of nitrogens with zero attached hydrogens (tertiary/aromatic N) is 5. The number of hydrogen-bond donors (Lipinski definition) is 1. The molecule has 1 aromatic carbocycles. The predicted octanol–water partition coefficient (Wildman–Crippen LogP) is 3.03. The summed E-state index contributed by atoms with van der Waals surface area (Å²) in [4.78, 5) is 28.6. The van der Waals surface area contributed by atoms with Crippen molar-refractivity contribution in [1.82, 2.24) is 14.9 Å². The van der Waals surface area contributed by atoms with Crippen LogP contribution < -0.4 is 15.1 Å². The molecule has 1 aromatic heterocycles. The number of amides is 1. The third kappa shape index (κ3) is 5.23. The van der Waals surface area contributed by atoms with Crippen molar-refractivity contribution in [2.24, 2.45) is 0 Å². The van der Waals surface area contributed by atoms with E-state index in [4.69, 9.17) is 0 Å². The van der Waals surface area contributed by atoms with E-state index >= 15 is 0 Å². The number of likely N-dealkylation sites (N-methyl/N-ethyl adjacent to an activating group) is 1. The van der Waals surface area contributed by atoms with E-state index in [1.807, 2.05) is 31.2 Å². The number of hydrogen-bond acceptors (Lipinski definition) is 6. The summed E-state index contributed by atoms with van der Waals surface area (Å²) in [5.41, 5.74) is 2.32. The molecule has 1 saturated heterocycles. The number of aryl methyl sites for hydroxylation is 1. The van der Waals surface area contributed by atoms with Crippen LogP contribution in [0.15, 0.2) is 30.3 Å². The molecule has 1 aliphatic rings. The lowest BCUT2D eigenvalue weighted by molar-refractivity contribution is 0.102. The fourth-order valence-corrected chi connectivity index (χ4v) is 3.66. The molecule has 7 nitrogen and oxygen atoms in total. The van der Waals surface area contributed by atoms with Gasteiger partial charge in [-0.2, -0.15) is 0 Å². The zero-order chi connectivity index (χ0) is 20.8. The van der Waals surface area contributed by atoms with Crippen molar-refractivity contribution < 1.29 is 4.79 Å². The molecule has 1 N–H and O–H groups in total. The summed E-state index contributed by atoms with van der Waals surface area (Å²) < 4.78 is 0. The first-order valence-corrected chi connectivity index (χ1v) is 10.5. The molecule has 0 atom stereocenters. The van der Waals surface area contributed by atoms with Crippen molar-refractivity contribution in [2.45, 2.75) is 27.7 Å². The maximum atomic E-state index is 12.8. The summed E-state index contributed by atoms with van der Waals surface area (Å²) in [6.07, 6.45) is 0. The van der Waals surface area contributed by atoms with E-state index in [2.05, 4.69) is 50.8 Å². The third-order valence-corrected chi connectivity index (χ3v) is 5.45. The van der Waals surface area contributed by atoms with Crippen LogP contribution in [-0.4, -0.2) is 66.6 Å². The molecule has 1 fully saturated rings. The molecule has 0 bridgehead atoms. The maximum Gasteiger partial charge on any atom is 0.274 e. The van der Waals surface area contributed by atoms with Crippen LogP contribution in [0.25, 0.3) is 0 Å². The maximum absolute atomic E-state index is 12.8. The zero-order valence-corrected chi connectivity index (χ0v) is 18.0. The topological polar surface area (TPSA) is 64.6 Å². The molecule has 1 aliphatic heterocycles. The van der Waals surface area contributed by atoms with Gasteiger partial charge in [-0.3, -0.25) is 4.79 Å². The molecule has 0 aliphatic carbocycles. The highest BCUT2D eigenvalue weighted by atomic mass is 16.1. The average molecular weight is 397 g/mol. The largest absolute Gasteiger partial charge is 0.372 e. The summed E-state index contributed by atoms with van der Waals surface area (Å²) in [6, 6.07) is 9.74. The molecule has 0 unspecified atom stereocenters. The number of piperazine rings is 1. The lowest BCUT2D eigenvalue weighted by atomic mass is 10.2. The second-order valence-corrected chi connectivity index (χ2v) is 7.25. The minimum Gasteiger partial charge on any atom is -0.372 e. The van der Waals surface area contributed by atoms with Crippen LogP contribution in [0.2, 0.25) is 0 Å². The second kappa shape index (κ2) is 9.69. The van der Waals surface area contributed by atoms with Gasteiger partial charge in [-0.1, -0.05) is 6.92 Å². The SMILES string of the molecule is CCN1CCN(c2cc(C(=O)Nc3ccc(N(CC)CC)cc3)nc(C)n2)CC1. The van der Waals surface area contributed by atoms with E-state index in [1.165, 1.54) is 0 Å². The van der Waals surface area contributed by atoms with Crippen molar-refractivity contribution in [3.63, 3.8) is 0 Å². The van der Waals surface area contributed by atoms with E-state index in [9.17, 15) is 4.79 Å². The summed E-state index contributed by atoms with van der Waals surface area (Å²) in [7, 11) is 0. The Bertz CT molecular complexity index is 811. The number of anilines is 3. The first kappa shape index (κ1) is 21.0. The van der Waals surface area contributed by atoms with Gasteiger partial charge in [0.2, 0.25) is 0 Å². The molecular weight excluding hydrogens is 364 g/mol. The second-order valence-electron chi connectivity index (χ2n) is 7.25. The highest BCUT2D eigenvalue weighted by molar-refractivity contribution is 6.03. The quantitative estimate of drug-likeness (QED) is 0.776. The Morgan fingerprint density at radius 3 is 2.28 bits per heavy atom. The highest BCUT2D eigenvalue weighted by Gasteiger charge is 2.19. The van der Waals surface area contributed by atoms with Crippen molar-refractivity contribution in [3.8, 4) is 0 Å². The van der Waals surface area contributed by atoms with E-state index < -0.39 is 0 Å². The summed E-state index contributed by atoms with van der Waals surface area (Å²) >= 11 is 0. The fraction of sp³-hybridized carbons (Fsp3) is 0.500. The number of carbonyl (C=O) groups excluding carboxylic acids is 1. The van der Waals surface area contributed by atoms with Gasteiger partial charge >= 0.3 is 0 Å². The van der Waals surface area contributed by atoms with Gasteiger partial charge in [-0.05, 0) is 51.6 Å². The standard InChI is InChI=1S/C22H32N6O/c1-5-26-12-14-28(15-13-26)21-16-20(23-17(4)24-21)22(29)25-18-8-10-19(11-9-18)27(6-2)7-3/h8-11,16H,5-7,12-15H2,1-4H3,(H,25,29). The van der Waals surface area contributed by atoms with Gasteiger partial charge in [-0.15, -0.1) is 0 Å². The molecule has 2 aromatic rings. The molecule has 0 saturated carbocycles. The van der Waals surface area contributed by atoms with Gasteiger partial charge in [0, 0.05) is 56.7 Å². The molecule has 0 spiro atoms. The number of carbonyl (C=O) groups is 1. The minimum atomic E-state index is -0.209. The third-order valence-electron chi connectivity index (χ3n) is 5.45. The molecule has 1 amide bonds. The van der Waals surface area contributed by atoms with Gasteiger partial charge < -0.3 is 20.0 Å². The number of aromatic nitrogens is 2. The summed E-state index contributed by atoms with van der Waals surface area (Å²) in [6.45, 7) is 15.1. The first-order valence-electron chi connectivity index (χ1n) is 10.5. The molecule has 0 radical (unpaired) electrons. The highest BCUT2D eigenvalue weighted by Crippen LogP contribution is 2.19. The van der Waals surface area contributed by atoms with Crippen molar-refractivity contribution in [2.75, 3.05) is 60.9 Å². The van der Waals surface area contributed by atoms with E-state index in [0.717, 1.165) is 63.0 Å². The van der Waals surface area contributed by atoms with Crippen LogP contribution >= 0.6 is 0 Å². The van der Waals surface area contributed by atoms with Crippen molar-refractivity contribution in [3.05, 3.63) is 41.9 Å². The number of rotatable bonds is 7. The lowest BCUT2D eigenvalue weighted by Crippen LogP contribution is -2.46. The summed E-state index contributed by atoms with van der Waals surface area (Å²) in [5, 5.41) is 2.96. The van der Waals surface area contributed by atoms with E-state index in [-0.39, 0.29) is 5.91 Å². The number of benzene rings is 1.